The maximum atomic E-state index is 12.6. The van der Waals surface area contributed by atoms with Crippen molar-refractivity contribution >= 4 is 5.71 Å². The van der Waals surface area contributed by atoms with E-state index in [-0.39, 0.29) is 6.10 Å². The van der Waals surface area contributed by atoms with Crippen LogP contribution in [0, 0.1) is 0 Å². The SMILES string of the molecule is C=CN=C(/C=C\C(C)=C\CCC(CNC)ON(C)O)C(F)(F)F. The number of nitrogens with zero attached hydrogens (tertiary/aromatic N) is 2. The normalized spacial score (nSPS) is 15.5. The number of allylic oxidation sites excluding steroid dienone is 4. The first-order valence-corrected chi connectivity index (χ1v) is 7.05. The molecule has 1 unspecified atom stereocenters. The van der Waals surface area contributed by atoms with Crippen molar-refractivity contribution in [3.8, 4) is 0 Å². The van der Waals surface area contributed by atoms with Crippen LogP contribution in [0.5, 0.6) is 0 Å². The third kappa shape index (κ3) is 10.8. The lowest BCUT2D eigenvalue weighted by Gasteiger charge is -2.19. The van der Waals surface area contributed by atoms with Gasteiger partial charge in [-0.3, -0.25) is 15.0 Å². The summed E-state index contributed by atoms with van der Waals surface area (Å²) in [6.07, 6.45) is 1.36. The summed E-state index contributed by atoms with van der Waals surface area (Å²) in [5.41, 5.74) is -0.329. The molecule has 0 radical (unpaired) electrons. The van der Waals surface area contributed by atoms with Gasteiger partial charge in [-0.05, 0) is 32.9 Å². The predicted molar refractivity (Wildman–Crippen MR) is 84.2 cm³/mol. The predicted octanol–water partition coefficient (Wildman–Crippen LogP) is 3.26. The van der Waals surface area contributed by atoms with Crippen LogP contribution in [-0.2, 0) is 4.84 Å². The molecule has 0 aromatic heterocycles. The molecule has 0 aliphatic rings. The van der Waals surface area contributed by atoms with Gasteiger partial charge in [0.05, 0.1) is 6.10 Å². The highest BCUT2D eigenvalue weighted by Gasteiger charge is 2.33. The Bertz CT molecular complexity index is 444. The van der Waals surface area contributed by atoms with Crippen LogP contribution >= 0.6 is 0 Å². The molecule has 132 valence electrons. The highest BCUT2D eigenvalue weighted by atomic mass is 19.4. The summed E-state index contributed by atoms with van der Waals surface area (Å²) in [5, 5.41) is 12.6. The lowest BCUT2D eigenvalue weighted by Crippen LogP contribution is -2.31. The Morgan fingerprint density at radius 3 is 2.57 bits per heavy atom. The maximum Gasteiger partial charge on any atom is 0.433 e. The third-order valence-corrected chi connectivity index (χ3v) is 2.71. The molecule has 2 N–H and O–H groups in total. The number of hydrogen-bond acceptors (Lipinski definition) is 5. The van der Waals surface area contributed by atoms with E-state index in [9.17, 15) is 13.2 Å². The van der Waals surface area contributed by atoms with Gasteiger partial charge >= 0.3 is 6.18 Å². The van der Waals surface area contributed by atoms with Crippen molar-refractivity contribution in [1.82, 2.24) is 10.5 Å². The second kappa shape index (κ2) is 11.1. The van der Waals surface area contributed by atoms with Gasteiger partial charge in [-0.2, -0.15) is 13.2 Å². The minimum atomic E-state index is -4.51. The maximum absolute atomic E-state index is 12.6. The van der Waals surface area contributed by atoms with Crippen LogP contribution in [0.4, 0.5) is 13.2 Å². The second-order valence-electron chi connectivity index (χ2n) is 4.80. The average Bonchev–Trinajstić information content (AvgIpc) is 2.41. The van der Waals surface area contributed by atoms with E-state index in [1.807, 2.05) is 0 Å². The first-order valence-electron chi connectivity index (χ1n) is 7.05. The van der Waals surface area contributed by atoms with E-state index in [0.29, 0.717) is 30.2 Å². The zero-order chi connectivity index (χ0) is 17.9. The molecule has 0 heterocycles. The van der Waals surface area contributed by atoms with Gasteiger partial charge in [-0.25, -0.2) is 0 Å². The number of hydroxylamine groups is 2. The summed E-state index contributed by atoms with van der Waals surface area (Å²) in [4.78, 5) is 8.36. The van der Waals surface area contributed by atoms with E-state index in [1.54, 1.807) is 20.0 Å². The van der Waals surface area contributed by atoms with E-state index in [2.05, 4.69) is 16.9 Å². The fraction of sp³-hybridized carbons (Fsp3) is 0.533. The second-order valence-corrected chi connectivity index (χ2v) is 4.80. The zero-order valence-corrected chi connectivity index (χ0v) is 13.6. The fourth-order valence-corrected chi connectivity index (χ4v) is 1.72. The van der Waals surface area contributed by atoms with Crippen molar-refractivity contribution < 1.29 is 23.2 Å². The van der Waals surface area contributed by atoms with Crippen molar-refractivity contribution in [2.45, 2.75) is 32.0 Å². The third-order valence-electron chi connectivity index (χ3n) is 2.71. The Kier molecular flexibility index (Phi) is 10.4. The van der Waals surface area contributed by atoms with E-state index in [0.717, 1.165) is 12.3 Å². The van der Waals surface area contributed by atoms with Crippen molar-refractivity contribution in [1.29, 1.82) is 0 Å². The standard InChI is InChI=1S/C15H24F3N3O2/c1-5-20-14(15(16,17)18)10-9-12(2)7-6-8-13(11-19-3)23-21(4)22/h5,7,9-10,13,19,22H,1,6,8,11H2,2-4H3/b10-9-,12-7+,20-14?. The number of rotatable bonds is 10. The van der Waals surface area contributed by atoms with Crippen LogP contribution in [0.15, 0.2) is 41.6 Å². The first-order chi connectivity index (χ1) is 10.7. The number of likely N-dealkylation sites (N-methyl/N-ethyl adjacent to an activating group) is 1. The molecule has 0 aliphatic carbocycles. The molecule has 0 aliphatic heterocycles. The number of halogens is 3. The van der Waals surface area contributed by atoms with Gasteiger partial charge in [0.2, 0.25) is 0 Å². The monoisotopic (exact) mass is 335 g/mol. The average molecular weight is 335 g/mol. The fourth-order valence-electron chi connectivity index (χ4n) is 1.72. The van der Waals surface area contributed by atoms with E-state index < -0.39 is 11.9 Å². The Labute approximate surface area is 134 Å². The first kappa shape index (κ1) is 21.5. The Morgan fingerprint density at radius 1 is 1.43 bits per heavy atom. The molecule has 0 rings (SSSR count). The summed E-state index contributed by atoms with van der Waals surface area (Å²) >= 11 is 0. The minimum Gasteiger partial charge on any atom is -0.317 e. The molecule has 1 atom stereocenters. The minimum absolute atomic E-state index is 0.240. The van der Waals surface area contributed by atoms with Gasteiger partial charge in [0, 0.05) is 19.8 Å². The number of alkyl halides is 3. The topological polar surface area (TPSA) is 57.1 Å². The Hall–Kier alpha value is -1.48. The number of hydrogen-bond donors (Lipinski definition) is 2. The quantitative estimate of drug-likeness (QED) is 0.365. The molecule has 0 amide bonds. The summed E-state index contributed by atoms with van der Waals surface area (Å²) in [7, 11) is 3.12. The van der Waals surface area contributed by atoms with Crippen LogP contribution in [0.25, 0.3) is 0 Å². The van der Waals surface area contributed by atoms with Crippen LogP contribution in [0.3, 0.4) is 0 Å². The van der Waals surface area contributed by atoms with Crippen molar-refractivity contribution in [3.05, 3.63) is 36.6 Å². The Morgan fingerprint density at radius 2 is 2.09 bits per heavy atom. The smallest absolute Gasteiger partial charge is 0.317 e. The van der Waals surface area contributed by atoms with Gasteiger partial charge in [-0.15, -0.1) is 0 Å². The molecule has 0 spiro atoms. The molecule has 0 saturated carbocycles. The van der Waals surface area contributed by atoms with Crippen molar-refractivity contribution in [2.24, 2.45) is 4.99 Å². The molecular weight excluding hydrogens is 311 g/mol. The molecule has 8 heteroatoms. The molecule has 0 fully saturated rings. The molecule has 0 saturated heterocycles. The number of aliphatic imine (C=N–C) groups is 1. The summed E-state index contributed by atoms with van der Waals surface area (Å²) in [6.45, 7) is 5.41. The van der Waals surface area contributed by atoms with Gasteiger partial charge < -0.3 is 5.32 Å². The van der Waals surface area contributed by atoms with Crippen molar-refractivity contribution in [2.75, 3.05) is 20.6 Å². The molecule has 0 aromatic rings. The highest BCUT2D eigenvalue weighted by molar-refractivity contribution is 6.00. The molecule has 5 nitrogen and oxygen atoms in total. The molecule has 0 aromatic carbocycles. The van der Waals surface area contributed by atoms with E-state index in [1.165, 1.54) is 13.1 Å². The zero-order valence-electron chi connectivity index (χ0n) is 13.6. The molecular formula is C15H24F3N3O2. The van der Waals surface area contributed by atoms with Gasteiger partial charge in [0.1, 0.15) is 5.71 Å². The van der Waals surface area contributed by atoms with Crippen LogP contribution in [0.2, 0.25) is 0 Å². The summed E-state index contributed by atoms with van der Waals surface area (Å²) in [5.74, 6) is 0. The van der Waals surface area contributed by atoms with Gasteiger partial charge in [0.15, 0.2) is 0 Å². The van der Waals surface area contributed by atoms with Crippen LogP contribution in [-0.4, -0.2) is 49.1 Å². The van der Waals surface area contributed by atoms with Gasteiger partial charge in [0.25, 0.3) is 0 Å². The van der Waals surface area contributed by atoms with Crippen molar-refractivity contribution in [3.63, 3.8) is 0 Å². The molecule has 23 heavy (non-hydrogen) atoms. The highest BCUT2D eigenvalue weighted by Crippen LogP contribution is 2.19. The summed E-state index contributed by atoms with van der Waals surface area (Å²) < 4.78 is 37.9. The van der Waals surface area contributed by atoms with E-state index >= 15 is 0 Å². The lowest BCUT2D eigenvalue weighted by atomic mass is 10.1. The number of nitrogens with one attached hydrogen (secondary N) is 1. The summed E-state index contributed by atoms with van der Waals surface area (Å²) in [6, 6.07) is 0. The largest absolute Gasteiger partial charge is 0.433 e. The lowest BCUT2D eigenvalue weighted by molar-refractivity contribution is -0.344. The molecule has 0 bridgehead atoms. The van der Waals surface area contributed by atoms with E-state index in [4.69, 9.17) is 10.0 Å². The van der Waals surface area contributed by atoms with Crippen LogP contribution < -0.4 is 5.32 Å². The van der Waals surface area contributed by atoms with Crippen LogP contribution in [0.1, 0.15) is 19.8 Å². The van der Waals surface area contributed by atoms with Gasteiger partial charge in [-0.1, -0.05) is 29.5 Å². The Balaban J connectivity index is 4.62.